The number of benzene rings is 1. The average molecular weight is 268 g/mol. The lowest BCUT2D eigenvalue weighted by molar-refractivity contribution is 0.323. The second-order valence-electron chi connectivity index (χ2n) is 3.95. The summed E-state index contributed by atoms with van der Waals surface area (Å²) >= 11 is 1.92. The van der Waals surface area contributed by atoms with Gasteiger partial charge < -0.3 is 14.2 Å². The van der Waals surface area contributed by atoms with Crippen molar-refractivity contribution >= 4 is 11.8 Å². The molecule has 0 amide bonds. The van der Waals surface area contributed by atoms with Crippen molar-refractivity contribution in [2.24, 2.45) is 0 Å². The van der Waals surface area contributed by atoms with Crippen molar-refractivity contribution in [2.75, 3.05) is 40.2 Å². The predicted molar refractivity (Wildman–Crippen MR) is 73.2 cm³/mol. The maximum absolute atomic E-state index is 5.37. The number of thioether (sulfide) groups is 1. The summed E-state index contributed by atoms with van der Waals surface area (Å²) in [6.45, 7) is 1.80. The van der Waals surface area contributed by atoms with Gasteiger partial charge in [0.1, 0.15) is 0 Å². The van der Waals surface area contributed by atoms with Gasteiger partial charge in [-0.3, -0.25) is 0 Å². The molecule has 1 fully saturated rings. The van der Waals surface area contributed by atoms with Gasteiger partial charge in [0.2, 0.25) is 5.75 Å². The van der Waals surface area contributed by atoms with Crippen LogP contribution in [0.4, 0.5) is 0 Å². The SMILES string of the molecule is COc1cc(C2C[N]CCS2)cc(OC)c1OC. The van der Waals surface area contributed by atoms with E-state index in [2.05, 4.69) is 5.32 Å². The standard InChI is InChI=1S/C13H18NO3S/c1-15-10-6-9(12-8-14-4-5-18-12)7-11(16-2)13(10)17-3/h6-7,12H,4-5,8H2,1-3H3. The molecule has 1 aliphatic rings. The Hall–Kier alpha value is -1.07. The third kappa shape index (κ3) is 2.67. The Labute approximate surface area is 112 Å². The molecular weight excluding hydrogens is 250 g/mol. The molecule has 99 valence electrons. The highest BCUT2D eigenvalue weighted by Gasteiger charge is 2.21. The fourth-order valence-corrected chi connectivity index (χ4v) is 3.07. The van der Waals surface area contributed by atoms with E-state index in [1.807, 2.05) is 23.9 Å². The first-order valence-electron chi connectivity index (χ1n) is 5.85. The van der Waals surface area contributed by atoms with Gasteiger partial charge in [-0.15, -0.1) is 0 Å². The lowest BCUT2D eigenvalue weighted by atomic mass is 10.1. The van der Waals surface area contributed by atoms with Gasteiger partial charge in [0.05, 0.1) is 21.3 Å². The summed E-state index contributed by atoms with van der Waals surface area (Å²) in [6, 6.07) is 4.03. The van der Waals surface area contributed by atoms with Crippen LogP contribution in [-0.2, 0) is 0 Å². The molecule has 18 heavy (non-hydrogen) atoms. The maximum Gasteiger partial charge on any atom is 0.203 e. The monoisotopic (exact) mass is 268 g/mol. The van der Waals surface area contributed by atoms with E-state index in [-0.39, 0.29) is 0 Å². The van der Waals surface area contributed by atoms with Crippen LogP contribution in [0.25, 0.3) is 0 Å². The van der Waals surface area contributed by atoms with Crippen LogP contribution in [0.5, 0.6) is 17.2 Å². The Morgan fingerprint density at radius 3 is 2.22 bits per heavy atom. The van der Waals surface area contributed by atoms with Crippen molar-refractivity contribution in [2.45, 2.75) is 5.25 Å². The fourth-order valence-electron chi connectivity index (χ4n) is 2.01. The van der Waals surface area contributed by atoms with Crippen LogP contribution >= 0.6 is 11.8 Å². The lowest BCUT2D eigenvalue weighted by Gasteiger charge is -2.23. The highest BCUT2D eigenvalue weighted by molar-refractivity contribution is 7.99. The number of hydrogen-bond donors (Lipinski definition) is 0. The summed E-state index contributed by atoms with van der Waals surface area (Å²) in [6.07, 6.45) is 0. The minimum atomic E-state index is 0.382. The van der Waals surface area contributed by atoms with Gasteiger partial charge in [0.15, 0.2) is 11.5 Å². The zero-order valence-electron chi connectivity index (χ0n) is 10.9. The van der Waals surface area contributed by atoms with E-state index in [0.29, 0.717) is 22.5 Å². The van der Waals surface area contributed by atoms with Crippen molar-refractivity contribution in [3.8, 4) is 17.2 Å². The van der Waals surface area contributed by atoms with Crippen LogP contribution in [0, 0.1) is 0 Å². The molecule has 1 saturated heterocycles. The van der Waals surface area contributed by atoms with Crippen LogP contribution < -0.4 is 19.5 Å². The summed E-state index contributed by atoms with van der Waals surface area (Å²) in [5.74, 6) is 3.12. The van der Waals surface area contributed by atoms with E-state index in [9.17, 15) is 0 Å². The quantitative estimate of drug-likeness (QED) is 0.838. The topological polar surface area (TPSA) is 41.8 Å². The molecular formula is C13H18NO3S. The van der Waals surface area contributed by atoms with Crippen LogP contribution in [0.15, 0.2) is 12.1 Å². The maximum atomic E-state index is 5.37. The Bertz CT molecular complexity index is 380. The molecule has 0 saturated carbocycles. The zero-order chi connectivity index (χ0) is 13.0. The molecule has 5 heteroatoms. The summed E-state index contributed by atoms with van der Waals surface area (Å²) in [7, 11) is 4.89. The number of nitrogens with zero attached hydrogens (tertiary/aromatic N) is 1. The van der Waals surface area contributed by atoms with E-state index in [1.165, 1.54) is 5.56 Å². The minimum Gasteiger partial charge on any atom is -0.493 e. The largest absolute Gasteiger partial charge is 0.493 e. The number of methoxy groups -OCH3 is 3. The zero-order valence-corrected chi connectivity index (χ0v) is 11.8. The molecule has 0 aliphatic carbocycles. The number of rotatable bonds is 4. The normalized spacial score (nSPS) is 19.4. The molecule has 0 bridgehead atoms. The third-order valence-corrected chi connectivity index (χ3v) is 4.16. The average Bonchev–Trinajstić information content (AvgIpc) is 2.46. The van der Waals surface area contributed by atoms with E-state index in [0.717, 1.165) is 18.8 Å². The van der Waals surface area contributed by atoms with E-state index < -0.39 is 0 Å². The van der Waals surface area contributed by atoms with Gasteiger partial charge in [-0.05, 0) is 17.7 Å². The Morgan fingerprint density at radius 1 is 1.11 bits per heavy atom. The first-order valence-corrected chi connectivity index (χ1v) is 6.89. The molecule has 2 rings (SSSR count). The van der Waals surface area contributed by atoms with Crippen molar-refractivity contribution in [3.63, 3.8) is 0 Å². The number of hydrogen-bond acceptors (Lipinski definition) is 4. The molecule has 1 unspecified atom stereocenters. The second kappa shape index (κ2) is 6.20. The van der Waals surface area contributed by atoms with Crippen molar-refractivity contribution < 1.29 is 14.2 Å². The lowest BCUT2D eigenvalue weighted by Crippen LogP contribution is -2.22. The Balaban J connectivity index is 2.35. The van der Waals surface area contributed by atoms with Gasteiger partial charge >= 0.3 is 0 Å². The Morgan fingerprint density at radius 2 is 1.78 bits per heavy atom. The molecule has 1 aliphatic heterocycles. The van der Waals surface area contributed by atoms with Crippen LogP contribution in [0.2, 0.25) is 0 Å². The molecule has 1 heterocycles. The fraction of sp³-hybridized carbons (Fsp3) is 0.538. The van der Waals surface area contributed by atoms with Crippen LogP contribution in [0.3, 0.4) is 0 Å². The molecule has 1 aromatic rings. The molecule has 0 spiro atoms. The highest BCUT2D eigenvalue weighted by atomic mass is 32.2. The second-order valence-corrected chi connectivity index (χ2v) is 5.26. The third-order valence-electron chi connectivity index (χ3n) is 2.92. The van der Waals surface area contributed by atoms with Gasteiger partial charge in [-0.25, -0.2) is 5.32 Å². The minimum absolute atomic E-state index is 0.382. The summed E-state index contributed by atoms with van der Waals surface area (Å²) in [5.41, 5.74) is 1.18. The molecule has 4 nitrogen and oxygen atoms in total. The number of ether oxygens (including phenoxy) is 3. The molecule has 0 N–H and O–H groups in total. The van der Waals surface area contributed by atoms with E-state index in [1.54, 1.807) is 21.3 Å². The van der Waals surface area contributed by atoms with Gasteiger partial charge in [-0.2, -0.15) is 11.8 Å². The van der Waals surface area contributed by atoms with Crippen molar-refractivity contribution in [1.82, 2.24) is 5.32 Å². The van der Waals surface area contributed by atoms with Crippen molar-refractivity contribution in [1.29, 1.82) is 0 Å². The summed E-state index contributed by atoms with van der Waals surface area (Å²) < 4.78 is 16.1. The van der Waals surface area contributed by atoms with E-state index >= 15 is 0 Å². The van der Waals surface area contributed by atoms with Crippen LogP contribution in [0.1, 0.15) is 10.8 Å². The first-order chi connectivity index (χ1) is 8.80. The van der Waals surface area contributed by atoms with Crippen LogP contribution in [-0.4, -0.2) is 40.2 Å². The smallest absolute Gasteiger partial charge is 0.203 e. The Kier molecular flexibility index (Phi) is 4.60. The van der Waals surface area contributed by atoms with E-state index in [4.69, 9.17) is 14.2 Å². The highest BCUT2D eigenvalue weighted by Crippen LogP contribution is 2.42. The molecule has 1 radical (unpaired) electrons. The predicted octanol–water partition coefficient (Wildman–Crippen LogP) is 2.10. The van der Waals surface area contributed by atoms with Gasteiger partial charge in [0.25, 0.3) is 0 Å². The molecule has 0 aromatic heterocycles. The van der Waals surface area contributed by atoms with Gasteiger partial charge in [-0.1, -0.05) is 0 Å². The molecule has 1 atom stereocenters. The summed E-state index contributed by atoms with van der Waals surface area (Å²) in [4.78, 5) is 0. The van der Waals surface area contributed by atoms with Gasteiger partial charge in [0, 0.05) is 24.1 Å². The van der Waals surface area contributed by atoms with Crippen molar-refractivity contribution in [3.05, 3.63) is 17.7 Å². The molecule has 1 aromatic carbocycles. The first kappa shape index (κ1) is 13.4. The summed E-state index contributed by atoms with van der Waals surface area (Å²) in [5, 5.41) is 4.84.